The quantitative estimate of drug-likeness (QED) is 0.812. The van der Waals surface area contributed by atoms with Gasteiger partial charge in [0, 0.05) is 19.2 Å². The van der Waals surface area contributed by atoms with Gasteiger partial charge in [0.1, 0.15) is 11.6 Å². The number of carbonyl (C=O) groups is 1. The Hall–Kier alpha value is -1.58. The van der Waals surface area contributed by atoms with Gasteiger partial charge in [-0.3, -0.25) is 4.79 Å². The molecule has 3 nitrogen and oxygen atoms in total. The molecule has 1 rings (SSSR count). The van der Waals surface area contributed by atoms with Gasteiger partial charge in [0.2, 0.25) is 0 Å². The van der Waals surface area contributed by atoms with Crippen molar-refractivity contribution in [3.8, 4) is 5.75 Å². The molecule has 0 bridgehead atoms. The zero-order chi connectivity index (χ0) is 11.6. The van der Waals surface area contributed by atoms with Crippen molar-refractivity contribution in [3.05, 3.63) is 29.6 Å². The van der Waals surface area contributed by atoms with Gasteiger partial charge in [-0.15, -0.1) is 0 Å². The summed E-state index contributed by atoms with van der Waals surface area (Å²) in [6, 6.07) is 3.40. The molecule has 0 saturated heterocycles. The molecule has 0 fully saturated rings. The molecule has 0 unspecified atom stereocenters. The Morgan fingerprint density at radius 2 is 2.07 bits per heavy atom. The highest BCUT2D eigenvalue weighted by atomic mass is 19.1. The monoisotopic (exact) mass is 211 g/mol. The molecule has 1 amide bonds. The lowest BCUT2D eigenvalue weighted by molar-refractivity contribution is 0.0752. The summed E-state index contributed by atoms with van der Waals surface area (Å²) in [7, 11) is 1.63. The smallest absolute Gasteiger partial charge is 0.257 e. The van der Waals surface area contributed by atoms with Gasteiger partial charge in [-0.25, -0.2) is 4.39 Å². The molecular weight excluding hydrogens is 197 g/mol. The molecule has 0 heterocycles. The van der Waals surface area contributed by atoms with Gasteiger partial charge in [0.05, 0.1) is 5.56 Å². The number of aromatic hydroxyl groups is 1. The SMILES string of the molecule is CC(C)N(C)C(=O)c1ccc(F)cc1O. The van der Waals surface area contributed by atoms with E-state index in [2.05, 4.69) is 0 Å². The second-order valence-electron chi connectivity index (χ2n) is 3.67. The Bertz CT molecular complexity index is 377. The van der Waals surface area contributed by atoms with Crippen LogP contribution in [0.5, 0.6) is 5.75 Å². The standard InChI is InChI=1S/C11H14FNO2/c1-7(2)13(3)11(15)9-5-4-8(12)6-10(9)14/h4-7,14H,1-3H3. The predicted octanol–water partition coefficient (Wildman–Crippen LogP) is 2.01. The van der Waals surface area contributed by atoms with Crippen molar-refractivity contribution < 1.29 is 14.3 Å². The maximum Gasteiger partial charge on any atom is 0.257 e. The molecular formula is C11H14FNO2. The molecule has 0 aromatic heterocycles. The lowest BCUT2D eigenvalue weighted by Crippen LogP contribution is -2.33. The lowest BCUT2D eigenvalue weighted by atomic mass is 10.1. The largest absolute Gasteiger partial charge is 0.507 e. The van der Waals surface area contributed by atoms with Crippen molar-refractivity contribution in [1.29, 1.82) is 0 Å². The molecule has 15 heavy (non-hydrogen) atoms. The maximum absolute atomic E-state index is 12.7. The topological polar surface area (TPSA) is 40.5 Å². The third-order valence-electron chi connectivity index (χ3n) is 2.29. The summed E-state index contributed by atoms with van der Waals surface area (Å²) in [4.78, 5) is 13.2. The zero-order valence-corrected chi connectivity index (χ0v) is 8.99. The van der Waals surface area contributed by atoms with Gasteiger partial charge in [-0.05, 0) is 26.0 Å². The van der Waals surface area contributed by atoms with Gasteiger partial charge >= 0.3 is 0 Å². The molecule has 0 aliphatic rings. The summed E-state index contributed by atoms with van der Waals surface area (Å²) < 4.78 is 12.7. The molecule has 0 aliphatic heterocycles. The van der Waals surface area contributed by atoms with Crippen molar-refractivity contribution in [2.45, 2.75) is 19.9 Å². The number of carbonyl (C=O) groups excluding carboxylic acids is 1. The van der Waals surface area contributed by atoms with Crippen LogP contribution >= 0.6 is 0 Å². The first-order chi connectivity index (χ1) is 6.93. The third-order valence-corrected chi connectivity index (χ3v) is 2.29. The van der Waals surface area contributed by atoms with Crippen LogP contribution in [0, 0.1) is 5.82 Å². The van der Waals surface area contributed by atoms with E-state index >= 15 is 0 Å². The highest BCUT2D eigenvalue weighted by Crippen LogP contribution is 2.20. The van der Waals surface area contributed by atoms with E-state index < -0.39 is 5.82 Å². The number of rotatable bonds is 2. The van der Waals surface area contributed by atoms with Crippen molar-refractivity contribution >= 4 is 5.91 Å². The van der Waals surface area contributed by atoms with E-state index in [0.29, 0.717) is 0 Å². The molecule has 0 saturated carbocycles. The predicted molar refractivity (Wildman–Crippen MR) is 55.3 cm³/mol. The Kier molecular flexibility index (Phi) is 3.29. The average Bonchev–Trinajstić information content (AvgIpc) is 2.15. The fourth-order valence-corrected chi connectivity index (χ4v) is 1.11. The summed E-state index contributed by atoms with van der Waals surface area (Å²) in [5.41, 5.74) is 0.118. The number of benzene rings is 1. The number of amides is 1. The zero-order valence-electron chi connectivity index (χ0n) is 8.99. The van der Waals surface area contributed by atoms with Gasteiger partial charge in [0.15, 0.2) is 0 Å². The second-order valence-corrected chi connectivity index (χ2v) is 3.67. The minimum Gasteiger partial charge on any atom is -0.507 e. The Morgan fingerprint density at radius 3 is 2.53 bits per heavy atom. The van der Waals surface area contributed by atoms with Gasteiger partial charge in [0.25, 0.3) is 5.91 Å². The van der Waals surface area contributed by atoms with Crippen LogP contribution in [0.25, 0.3) is 0 Å². The van der Waals surface area contributed by atoms with Crippen molar-refractivity contribution in [2.75, 3.05) is 7.05 Å². The number of hydrogen-bond donors (Lipinski definition) is 1. The number of halogens is 1. The summed E-state index contributed by atoms with van der Waals surface area (Å²) in [5, 5.41) is 9.40. The van der Waals surface area contributed by atoms with Crippen LogP contribution in [0.2, 0.25) is 0 Å². The summed E-state index contributed by atoms with van der Waals surface area (Å²) in [6.45, 7) is 3.72. The Morgan fingerprint density at radius 1 is 1.47 bits per heavy atom. The van der Waals surface area contributed by atoms with Crippen LogP contribution in [-0.2, 0) is 0 Å². The summed E-state index contributed by atoms with van der Waals surface area (Å²) in [6.07, 6.45) is 0. The lowest BCUT2D eigenvalue weighted by Gasteiger charge is -2.21. The van der Waals surface area contributed by atoms with E-state index in [1.165, 1.54) is 11.0 Å². The maximum atomic E-state index is 12.7. The number of phenols is 1. The van der Waals surface area contributed by atoms with Crippen LogP contribution in [0.4, 0.5) is 4.39 Å². The first-order valence-electron chi connectivity index (χ1n) is 4.69. The molecule has 0 atom stereocenters. The van der Waals surface area contributed by atoms with E-state index in [0.717, 1.165) is 12.1 Å². The fraction of sp³-hybridized carbons (Fsp3) is 0.364. The highest BCUT2D eigenvalue weighted by molar-refractivity contribution is 5.96. The first kappa shape index (κ1) is 11.5. The minimum absolute atomic E-state index is 0.0296. The molecule has 0 aliphatic carbocycles. The molecule has 1 aromatic rings. The minimum atomic E-state index is -0.559. The van der Waals surface area contributed by atoms with E-state index in [9.17, 15) is 14.3 Å². The van der Waals surface area contributed by atoms with Crippen LogP contribution in [0.15, 0.2) is 18.2 Å². The Balaban J connectivity index is 3.01. The molecule has 4 heteroatoms. The van der Waals surface area contributed by atoms with Crippen LogP contribution in [-0.4, -0.2) is 29.0 Å². The normalized spacial score (nSPS) is 10.5. The summed E-state index contributed by atoms with van der Waals surface area (Å²) in [5.74, 6) is -1.20. The van der Waals surface area contributed by atoms with E-state index in [1.54, 1.807) is 7.05 Å². The van der Waals surface area contributed by atoms with Crippen LogP contribution in [0.1, 0.15) is 24.2 Å². The van der Waals surface area contributed by atoms with E-state index in [1.807, 2.05) is 13.8 Å². The number of nitrogens with zero attached hydrogens (tertiary/aromatic N) is 1. The average molecular weight is 211 g/mol. The van der Waals surface area contributed by atoms with E-state index in [4.69, 9.17) is 0 Å². The van der Waals surface area contributed by atoms with E-state index in [-0.39, 0.29) is 23.3 Å². The van der Waals surface area contributed by atoms with Gasteiger partial charge < -0.3 is 10.0 Å². The molecule has 1 aromatic carbocycles. The van der Waals surface area contributed by atoms with Crippen LogP contribution in [0.3, 0.4) is 0 Å². The van der Waals surface area contributed by atoms with Gasteiger partial charge in [-0.1, -0.05) is 0 Å². The van der Waals surface area contributed by atoms with Crippen molar-refractivity contribution in [2.24, 2.45) is 0 Å². The number of phenolic OH excluding ortho intramolecular Hbond substituents is 1. The Labute approximate surface area is 88.1 Å². The van der Waals surface area contributed by atoms with Crippen molar-refractivity contribution in [1.82, 2.24) is 4.90 Å². The van der Waals surface area contributed by atoms with Crippen molar-refractivity contribution in [3.63, 3.8) is 0 Å². The molecule has 0 spiro atoms. The third kappa shape index (κ3) is 2.46. The summed E-state index contributed by atoms with van der Waals surface area (Å²) >= 11 is 0. The van der Waals surface area contributed by atoms with Crippen LogP contribution < -0.4 is 0 Å². The van der Waals surface area contributed by atoms with Gasteiger partial charge in [-0.2, -0.15) is 0 Å². The molecule has 0 radical (unpaired) electrons. The molecule has 82 valence electrons. The second kappa shape index (κ2) is 4.29. The fourth-order valence-electron chi connectivity index (χ4n) is 1.11. The number of hydrogen-bond acceptors (Lipinski definition) is 2. The highest BCUT2D eigenvalue weighted by Gasteiger charge is 2.17. The molecule has 1 N–H and O–H groups in total. The first-order valence-corrected chi connectivity index (χ1v) is 4.69.